The third kappa shape index (κ3) is 4.26. The molecule has 2 atom stereocenters. The molecule has 7 heteroatoms. The quantitative estimate of drug-likeness (QED) is 0.307. The van der Waals surface area contributed by atoms with Gasteiger partial charge in [-0.3, -0.25) is 4.98 Å². The van der Waals surface area contributed by atoms with Crippen molar-refractivity contribution in [3.8, 4) is 11.4 Å². The molecule has 0 aliphatic carbocycles. The summed E-state index contributed by atoms with van der Waals surface area (Å²) in [5.74, 6) is 0.843. The van der Waals surface area contributed by atoms with Gasteiger partial charge in [-0.15, -0.1) is 0 Å². The fourth-order valence-electron chi connectivity index (χ4n) is 4.28. The Morgan fingerprint density at radius 2 is 1.73 bits per heavy atom. The molecule has 0 amide bonds. The number of aromatic nitrogens is 2. The van der Waals surface area contributed by atoms with Gasteiger partial charge in [0.15, 0.2) is 5.11 Å². The van der Waals surface area contributed by atoms with Gasteiger partial charge in [-0.2, -0.15) is 0 Å². The van der Waals surface area contributed by atoms with Crippen LogP contribution < -0.4 is 15.0 Å². The Kier molecular flexibility index (Phi) is 6.15. The normalized spacial score (nSPS) is 17.8. The van der Waals surface area contributed by atoms with Crippen LogP contribution in [0.5, 0.6) is 5.75 Å². The molecule has 2 aromatic carbocycles. The predicted octanol–water partition coefficient (Wildman–Crippen LogP) is 6.21. The molecule has 1 saturated heterocycles. The Bertz CT molecular complexity index is 1240. The third-order valence-corrected chi connectivity index (χ3v) is 6.56. The van der Waals surface area contributed by atoms with E-state index in [2.05, 4.69) is 90.4 Å². The standard InChI is InChI=1S/C26H23BrN4OS/c1-2-32-21-14-12-20(13-15-21)31-25(24(29-26(31)33)22-6-3-4-16-28-22)23-7-5-17-30(23)19-10-8-18(27)9-11-19/h3-17,24-25H,2H2,1H3,(H,29,33). The van der Waals surface area contributed by atoms with E-state index in [0.29, 0.717) is 11.7 Å². The van der Waals surface area contributed by atoms with E-state index in [1.165, 1.54) is 0 Å². The number of halogens is 1. The van der Waals surface area contributed by atoms with E-state index in [-0.39, 0.29) is 12.1 Å². The van der Waals surface area contributed by atoms with Crippen molar-refractivity contribution in [1.29, 1.82) is 0 Å². The molecule has 0 spiro atoms. The van der Waals surface area contributed by atoms with Gasteiger partial charge in [-0.1, -0.05) is 22.0 Å². The van der Waals surface area contributed by atoms with Gasteiger partial charge < -0.3 is 19.5 Å². The Morgan fingerprint density at radius 1 is 0.970 bits per heavy atom. The summed E-state index contributed by atoms with van der Waals surface area (Å²) >= 11 is 9.39. The summed E-state index contributed by atoms with van der Waals surface area (Å²) < 4.78 is 8.90. The van der Waals surface area contributed by atoms with Crippen LogP contribution in [0, 0.1) is 0 Å². The smallest absolute Gasteiger partial charge is 0.174 e. The predicted molar refractivity (Wildman–Crippen MR) is 139 cm³/mol. The second-order valence-corrected chi connectivity index (χ2v) is 9.01. The molecule has 0 radical (unpaired) electrons. The summed E-state index contributed by atoms with van der Waals surface area (Å²) in [5.41, 5.74) is 4.15. The molecule has 5 nitrogen and oxygen atoms in total. The zero-order chi connectivity index (χ0) is 22.8. The van der Waals surface area contributed by atoms with E-state index in [9.17, 15) is 0 Å². The monoisotopic (exact) mass is 518 g/mol. The maximum absolute atomic E-state index is 5.85. The largest absolute Gasteiger partial charge is 0.494 e. The lowest BCUT2D eigenvalue weighted by atomic mass is 10.0. The van der Waals surface area contributed by atoms with E-state index >= 15 is 0 Å². The molecule has 0 bridgehead atoms. The van der Waals surface area contributed by atoms with Gasteiger partial charge >= 0.3 is 0 Å². The van der Waals surface area contributed by atoms with E-state index in [1.54, 1.807) is 0 Å². The maximum Gasteiger partial charge on any atom is 0.174 e. The number of thiocarbonyl (C=S) groups is 1. The van der Waals surface area contributed by atoms with Crippen LogP contribution in [-0.4, -0.2) is 21.3 Å². The molecule has 166 valence electrons. The molecule has 0 saturated carbocycles. The highest BCUT2D eigenvalue weighted by Gasteiger charge is 2.42. The summed E-state index contributed by atoms with van der Waals surface area (Å²) in [6, 6.07) is 26.4. The summed E-state index contributed by atoms with van der Waals surface area (Å²) in [6.45, 7) is 2.62. The molecule has 5 rings (SSSR count). The minimum Gasteiger partial charge on any atom is -0.494 e. The number of anilines is 1. The topological polar surface area (TPSA) is 42.3 Å². The summed E-state index contributed by atoms with van der Waals surface area (Å²) in [5, 5.41) is 4.20. The van der Waals surface area contributed by atoms with Gasteiger partial charge in [-0.25, -0.2) is 0 Å². The van der Waals surface area contributed by atoms with Crippen LogP contribution in [0.3, 0.4) is 0 Å². The Morgan fingerprint density at radius 3 is 2.42 bits per heavy atom. The minimum absolute atomic E-state index is 0.0935. The van der Waals surface area contributed by atoms with Crippen LogP contribution in [-0.2, 0) is 0 Å². The number of ether oxygens (including phenoxy) is 1. The Balaban J connectivity index is 1.62. The zero-order valence-corrected chi connectivity index (χ0v) is 20.5. The number of benzene rings is 2. The Hall–Kier alpha value is -3.16. The fraction of sp³-hybridized carbons (Fsp3) is 0.154. The SMILES string of the molecule is CCOc1ccc(N2C(=S)NC(c3ccccn3)C2c2cccn2-c2ccc(Br)cc2)cc1. The van der Waals surface area contributed by atoms with Crippen molar-refractivity contribution in [2.75, 3.05) is 11.5 Å². The van der Waals surface area contributed by atoms with Gasteiger partial charge in [-0.05, 0) is 91.9 Å². The van der Waals surface area contributed by atoms with E-state index < -0.39 is 0 Å². The minimum atomic E-state index is -0.102. The second-order valence-electron chi connectivity index (χ2n) is 7.70. The van der Waals surface area contributed by atoms with Gasteiger partial charge in [0.05, 0.1) is 18.3 Å². The van der Waals surface area contributed by atoms with Crippen LogP contribution in [0.15, 0.2) is 95.7 Å². The highest BCUT2D eigenvalue weighted by Crippen LogP contribution is 2.42. The van der Waals surface area contributed by atoms with Crippen molar-refractivity contribution in [2.45, 2.75) is 19.0 Å². The third-order valence-electron chi connectivity index (χ3n) is 5.71. The first-order valence-corrected chi connectivity index (χ1v) is 12.0. The number of nitrogens with one attached hydrogen (secondary N) is 1. The zero-order valence-electron chi connectivity index (χ0n) is 18.1. The average Bonchev–Trinajstić information content (AvgIpc) is 3.45. The lowest BCUT2D eigenvalue weighted by Crippen LogP contribution is -2.30. The van der Waals surface area contributed by atoms with Crippen LogP contribution in [0.1, 0.15) is 30.4 Å². The number of nitrogens with zero attached hydrogens (tertiary/aromatic N) is 3. The molecular weight excluding hydrogens is 496 g/mol. The number of hydrogen-bond donors (Lipinski definition) is 1. The van der Waals surface area contributed by atoms with Crippen LogP contribution in [0.2, 0.25) is 0 Å². The second kappa shape index (κ2) is 9.37. The van der Waals surface area contributed by atoms with E-state index in [0.717, 1.165) is 33.0 Å². The van der Waals surface area contributed by atoms with Gasteiger partial charge in [0.2, 0.25) is 0 Å². The molecule has 3 heterocycles. The van der Waals surface area contributed by atoms with Crippen molar-refractivity contribution >= 4 is 38.9 Å². The summed E-state index contributed by atoms with van der Waals surface area (Å²) in [4.78, 5) is 6.83. The first-order chi connectivity index (χ1) is 16.2. The van der Waals surface area contributed by atoms with Crippen molar-refractivity contribution in [2.24, 2.45) is 0 Å². The fourth-order valence-corrected chi connectivity index (χ4v) is 4.89. The highest BCUT2D eigenvalue weighted by atomic mass is 79.9. The molecule has 1 N–H and O–H groups in total. The summed E-state index contributed by atoms with van der Waals surface area (Å²) in [7, 11) is 0. The number of pyridine rings is 1. The van der Waals surface area contributed by atoms with Crippen LogP contribution >= 0.6 is 28.1 Å². The van der Waals surface area contributed by atoms with Crippen LogP contribution in [0.25, 0.3) is 5.69 Å². The first kappa shape index (κ1) is 21.7. The van der Waals surface area contributed by atoms with Gasteiger partial charge in [0.1, 0.15) is 11.8 Å². The highest BCUT2D eigenvalue weighted by molar-refractivity contribution is 9.10. The maximum atomic E-state index is 5.85. The molecule has 2 unspecified atom stereocenters. The molecule has 33 heavy (non-hydrogen) atoms. The van der Waals surface area contributed by atoms with E-state index in [1.807, 2.05) is 43.5 Å². The van der Waals surface area contributed by atoms with E-state index in [4.69, 9.17) is 17.0 Å². The summed E-state index contributed by atoms with van der Waals surface area (Å²) in [6.07, 6.45) is 3.91. The Labute approximate surface area is 207 Å². The molecular formula is C26H23BrN4OS. The van der Waals surface area contributed by atoms with Crippen molar-refractivity contribution in [3.05, 3.63) is 107 Å². The van der Waals surface area contributed by atoms with Gasteiger partial charge in [0.25, 0.3) is 0 Å². The van der Waals surface area contributed by atoms with Gasteiger partial charge in [0, 0.05) is 33.9 Å². The van der Waals surface area contributed by atoms with Crippen molar-refractivity contribution in [1.82, 2.24) is 14.9 Å². The van der Waals surface area contributed by atoms with Crippen molar-refractivity contribution < 1.29 is 4.74 Å². The molecule has 2 aromatic heterocycles. The number of rotatable bonds is 6. The van der Waals surface area contributed by atoms with Crippen molar-refractivity contribution in [3.63, 3.8) is 0 Å². The van der Waals surface area contributed by atoms with Crippen LogP contribution in [0.4, 0.5) is 5.69 Å². The average molecular weight is 519 g/mol. The lowest BCUT2D eigenvalue weighted by molar-refractivity contribution is 0.340. The first-order valence-electron chi connectivity index (χ1n) is 10.8. The lowest BCUT2D eigenvalue weighted by Gasteiger charge is -2.29. The molecule has 1 aliphatic rings. The molecule has 4 aromatic rings. The number of hydrogen-bond acceptors (Lipinski definition) is 3. The molecule has 1 fully saturated rings. The molecule has 1 aliphatic heterocycles.